The smallest absolute Gasteiger partial charge is 0.407 e. The van der Waals surface area contributed by atoms with Crippen LogP contribution in [0.3, 0.4) is 0 Å². The van der Waals surface area contributed by atoms with Crippen molar-refractivity contribution in [2.24, 2.45) is 0 Å². The van der Waals surface area contributed by atoms with Crippen LogP contribution in [-0.4, -0.2) is 42.3 Å². The molecule has 3 aliphatic heterocycles. The average molecular weight is 328 g/mol. The van der Waals surface area contributed by atoms with E-state index in [0.29, 0.717) is 5.92 Å². The normalized spacial score (nSPS) is 35.4. The first-order valence-corrected chi connectivity index (χ1v) is 9.51. The van der Waals surface area contributed by atoms with Crippen LogP contribution >= 0.6 is 0 Å². The Morgan fingerprint density at radius 2 is 1.71 bits per heavy atom. The van der Waals surface area contributed by atoms with Crippen molar-refractivity contribution in [3.63, 3.8) is 0 Å². The maximum Gasteiger partial charge on any atom is 0.407 e. The van der Waals surface area contributed by atoms with Crippen LogP contribution in [-0.2, 0) is 4.74 Å². The Hall–Kier alpha value is -1.55. The van der Waals surface area contributed by atoms with Crippen molar-refractivity contribution in [2.75, 3.05) is 19.6 Å². The standard InChI is InChI=1S/C20H28N2O2/c23-19(24-20-10-13-22(14-11-20)15-12-20)21-18-9-5-4-8-17(18)16-6-2-1-3-7-16/h1-3,6-7,17-18H,4-5,8-15H2,(H,21,23)/t17-,18-/m1/s1. The minimum atomic E-state index is -0.199. The Bertz CT molecular complexity index is 552. The highest BCUT2D eigenvalue weighted by Gasteiger charge is 2.43. The van der Waals surface area contributed by atoms with E-state index in [-0.39, 0.29) is 17.7 Å². The third-order valence-corrected chi connectivity index (χ3v) is 6.26. The van der Waals surface area contributed by atoms with E-state index in [0.717, 1.165) is 51.7 Å². The van der Waals surface area contributed by atoms with Gasteiger partial charge in [0.1, 0.15) is 5.60 Å². The van der Waals surface area contributed by atoms with Gasteiger partial charge in [-0.25, -0.2) is 4.79 Å². The largest absolute Gasteiger partial charge is 0.443 e. The van der Waals surface area contributed by atoms with E-state index in [1.807, 2.05) is 0 Å². The first-order valence-electron chi connectivity index (χ1n) is 9.51. The molecule has 24 heavy (non-hydrogen) atoms. The molecule has 0 spiro atoms. The van der Waals surface area contributed by atoms with Crippen LogP contribution in [0.1, 0.15) is 56.4 Å². The zero-order valence-corrected chi connectivity index (χ0v) is 14.4. The summed E-state index contributed by atoms with van der Waals surface area (Å²) in [6, 6.07) is 10.8. The second-order valence-electron chi connectivity index (χ2n) is 7.72. The molecule has 2 bridgehead atoms. The third kappa shape index (κ3) is 3.30. The van der Waals surface area contributed by atoms with E-state index < -0.39 is 0 Å². The lowest BCUT2D eigenvalue weighted by Crippen LogP contribution is -2.56. The maximum absolute atomic E-state index is 12.6. The predicted octanol–water partition coefficient (Wildman–Crippen LogP) is 3.68. The summed E-state index contributed by atoms with van der Waals surface area (Å²) in [6.45, 7) is 3.22. The number of rotatable bonds is 3. The molecule has 1 aliphatic carbocycles. The summed E-state index contributed by atoms with van der Waals surface area (Å²) >= 11 is 0. The molecule has 3 heterocycles. The van der Waals surface area contributed by atoms with Crippen molar-refractivity contribution in [1.29, 1.82) is 0 Å². The van der Waals surface area contributed by atoms with Gasteiger partial charge in [0, 0.05) is 50.9 Å². The summed E-state index contributed by atoms with van der Waals surface area (Å²) in [5, 5.41) is 3.22. The number of carbonyl (C=O) groups is 1. The Morgan fingerprint density at radius 1 is 1.04 bits per heavy atom. The molecule has 130 valence electrons. The van der Waals surface area contributed by atoms with Crippen LogP contribution in [0.5, 0.6) is 0 Å². The van der Waals surface area contributed by atoms with Crippen molar-refractivity contribution in [3.8, 4) is 0 Å². The number of piperidine rings is 3. The van der Waals surface area contributed by atoms with Crippen LogP contribution in [0.25, 0.3) is 0 Å². The Morgan fingerprint density at radius 3 is 2.42 bits per heavy atom. The molecule has 1 saturated carbocycles. The molecule has 1 N–H and O–H groups in total. The van der Waals surface area contributed by atoms with Crippen LogP contribution in [0.4, 0.5) is 4.79 Å². The quantitative estimate of drug-likeness (QED) is 0.920. The van der Waals surface area contributed by atoms with Crippen LogP contribution in [0.15, 0.2) is 30.3 Å². The molecule has 1 aromatic rings. The first-order chi connectivity index (χ1) is 11.7. The highest BCUT2D eigenvalue weighted by atomic mass is 16.6. The lowest BCUT2D eigenvalue weighted by molar-refractivity contribution is -0.0794. The Balaban J connectivity index is 1.40. The summed E-state index contributed by atoms with van der Waals surface area (Å²) in [5.74, 6) is 0.415. The number of benzene rings is 1. The monoisotopic (exact) mass is 328 g/mol. The molecule has 1 amide bonds. The SMILES string of the molecule is O=C(N[C@@H]1CCCC[C@@H]1c1ccccc1)OC12CCN(CC1)CC2. The molecule has 1 aromatic carbocycles. The highest BCUT2D eigenvalue weighted by Crippen LogP contribution is 2.36. The van der Waals surface area contributed by atoms with Gasteiger partial charge in [0.2, 0.25) is 0 Å². The van der Waals surface area contributed by atoms with Gasteiger partial charge in [0.05, 0.1) is 0 Å². The van der Waals surface area contributed by atoms with Gasteiger partial charge in [-0.15, -0.1) is 0 Å². The molecule has 4 nitrogen and oxygen atoms in total. The van der Waals surface area contributed by atoms with Gasteiger partial charge in [0.25, 0.3) is 0 Å². The van der Waals surface area contributed by atoms with Gasteiger partial charge in [-0.2, -0.15) is 0 Å². The van der Waals surface area contributed by atoms with Crippen LogP contribution in [0, 0.1) is 0 Å². The second-order valence-corrected chi connectivity index (χ2v) is 7.72. The second kappa shape index (κ2) is 6.75. The minimum Gasteiger partial charge on any atom is -0.443 e. The summed E-state index contributed by atoms with van der Waals surface area (Å²) in [7, 11) is 0. The zero-order valence-electron chi connectivity index (χ0n) is 14.4. The molecule has 3 saturated heterocycles. The molecular weight excluding hydrogens is 300 g/mol. The fourth-order valence-corrected chi connectivity index (χ4v) is 4.73. The van der Waals surface area contributed by atoms with E-state index in [2.05, 4.69) is 40.5 Å². The van der Waals surface area contributed by atoms with Crippen LogP contribution < -0.4 is 5.32 Å². The fraction of sp³-hybridized carbons (Fsp3) is 0.650. The van der Waals surface area contributed by atoms with E-state index in [9.17, 15) is 4.79 Å². The number of ether oxygens (including phenoxy) is 1. The van der Waals surface area contributed by atoms with Crippen molar-refractivity contribution < 1.29 is 9.53 Å². The molecule has 4 fully saturated rings. The molecule has 2 atom stereocenters. The van der Waals surface area contributed by atoms with E-state index in [1.54, 1.807) is 0 Å². The summed E-state index contributed by atoms with van der Waals surface area (Å²) < 4.78 is 5.98. The molecule has 0 radical (unpaired) electrons. The van der Waals surface area contributed by atoms with Gasteiger partial charge in [-0.1, -0.05) is 43.2 Å². The molecule has 5 rings (SSSR count). The number of nitrogens with one attached hydrogen (secondary N) is 1. The molecule has 0 unspecified atom stereocenters. The maximum atomic E-state index is 12.6. The van der Waals surface area contributed by atoms with E-state index in [1.165, 1.54) is 18.4 Å². The number of fused-ring (bicyclic) bond motifs is 3. The third-order valence-electron chi connectivity index (χ3n) is 6.26. The fourth-order valence-electron chi connectivity index (χ4n) is 4.73. The predicted molar refractivity (Wildman–Crippen MR) is 94.1 cm³/mol. The Labute approximate surface area is 144 Å². The summed E-state index contributed by atoms with van der Waals surface area (Å²) in [5.41, 5.74) is 1.14. The first kappa shape index (κ1) is 15.9. The zero-order chi connectivity index (χ0) is 16.4. The number of nitrogens with zero attached hydrogens (tertiary/aromatic N) is 1. The molecule has 4 heteroatoms. The average Bonchev–Trinajstić information content (AvgIpc) is 2.64. The van der Waals surface area contributed by atoms with E-state index in [4.69, 9.17) is 4.74 Å². The number of alkyl carbamates (subject to hydrolysis) is 1. The van der Waals surface area contributed by atoms with E-state index >= 15 is 0 Å². The lowest BCUT2D eigenvalue weighted by atomic mass is 9.80. The topological polar surface area (TPSA) is 41.6 Å². The minimum absolute atomic E-state index is 0.196. The summed E-state index contributed by atoms with van der Waals surface area (Å²) in [6.07, 6.45) is 7.41. The highest BCUT2D eigenvalue weighted by molar-refractivity contribution is 5.68. The molecule has 0 aromatic heterocycles. The summed E-state index contributed by atoms with van der Waals surface area (Å²) in [4.78, 5) is 15.1. The van der Waals surface area contributed by atoms with Gasteiger partial charge in [0.15, 0.2) is 0 Å². The van der Waals surface area contributed by atoms with Gasteiger partial charge in [-0.3, -0.25) is 0 Å². The Kier molecular flexibility index (Phi) is 4.49. The number of hydrogen-bond donors (Lipinski definition) is 1. The van der Waals surface area contributed by atoms with Crippen molar-refractivity contribution in [2.45, 2.75) is 62.5 Å². The molecule has 4 aliphatic rings. The number of carbonyl (C=O) groups excluding carboxylic acids is 1. The number of hydrogen-bond acceptors (Lipinski definition) is 3. The molecular formula is C20H28N2O2. The van der Waals surface area contributed by atoms with Crippen molar-refractivity contribution >= 4 is 6.09 Å². The van der Waals surface area contributed by atoms with Gasteiger partial charge in [-0.05, 0) is 18.4 Å². The van der Waals surface area contributed by atoms with Crippen LogP contribution in [0.2, 0.25) is 0 Å². The lowest BCUT2D eigenvalue weighted by Gasteiger charge is -2.47. The van der Waals surface area contributed by atoms with Gasteiger partial charge >= 0.3 is 6.09 Å². The number of amides is 1. The van der Waals surface area contributed by atoms with Gasteiger partial charge < -0.3 is 15.0 Å². The van der Waals surface area contributed by atoms with Crippen molar-refractivity contribution in [3.05, 3.63) is 35.9 Å². The van der Waals surface area contributed by atoms with Crippen molar-refractivity contribution in [1.82, 2.24) is 10.2 Å².